The number of alkyl halides is 3. The zero-order chi connectivity index (χ0) is 26.9. The lowest BCUT2D eigenvalue weighted by Gasteiger charge is -2.11. The number of fused-ring (bicyclic) bond motifs is 1. The van der Waals surface area contributed by atoms with Crippen LogP contribution >= 0.6 is 0 Å². The molecule has 2 heterocycles. The van der Waals surface area contributed by atoms with Crippen LogP contribution in [0.1, 0.15) is 16.7 Å². The van der Waals surface area contributed by atoms with Crippen molar-refractivity contribution in [2.24, 2.45) is 0 Å². The number of benzene rings is 3. The molecule has 0 spiro atoms. The first-order chi connectivity index (χ1) is 18.2. The minimum Gasteiger partial charge on any atom is -0.490 e. The molecule has 6 nitrogen and oxygen atoms in total. The number of aryl methyl sites for hydroxylation is 2. The van der Waals surface area contributed by atoms with E-state index in [0.29, 0.717) is 35.9 Å². The summed E-state index contributed by atoms with van der Waals surface area (Å²) in [5, 5.41) is 3.03. The van der Waals surface area contributed by atoms with Crippen molar-refractivity contribution in [1.29, 1.82) is 0 Å². The van der Waals surface area contributed by atoms with Crippen LogP contribution in [0.4, 0.5) is 13.2 Å². The van der Waals surface area contributed by atoms with E-state index in [4.69, 9.17) is 9.47 Å². The largest absolute Gasteiger partial charge is 0.490 e. The Kier molecular flexibility index (Phi) is 6.67. The minimum absolute atomic E-state index is 0.287. The number of hydrogen-bond donors (Lipinski definition) is 1. The molecule has 2 aromatic heterocycles. The van der Waals surface area contributed by atoms with Crippen LogP contribution in [0.25, 0.3) is 28.2 Å². The fraction of sp³-hybridized carbons (Fsp3) is 0.172. The molecule has 0 saturated carbocycles. The van der Waals surface area contributed by atoms with E-state index in [9.17, 15) is 18.0 Å². The smallest absolute Gasteiger partial charge is 0.416 e. The number of nitrogens with zero attached hydrogens (tertiary/aromatic N) is 2. The lowest BCUT2D eigenvalue weighted by Crippen LogP contribution is -2.14. The summed E-state index contributed by atoms with van der Waals surface area (Å²) >= 11 is 0. The van der Waals surface area contributed by atoms with Crippen molar-refractivity contribution in [3.05, 3.63) is 106 Å². The summed E-state index contributed by atoms with van der Waals surface area (Å²) in [4.78, 5) is 17.2. The predicted molar refractivity (Wildman–Crippen MR) is 139 cm³/mol. The topological polar surface area (TPSA) is 68.6 Å². The molecule has 0 amide bonds. The molecule has 0 aliphatic heterocycles. The van der Waals surface area contributed by atoms with E-state index in [1.165, 1.54) is 28.3 Å². The van der Waals surface area contributed by atoms with Crippen LogP contribution in [0, 0.1) is 13.8 Å². The van der Waals surface area contributed by atoms with Gasteiger partial charge in [0.1, 0.15) is 24.7 Å². The first-order valence-electron chi connectivity index (χ1n) is 11.9. The molecule has 0 aliphatic carbocycles. The predicted octanol–water partition coefficient (Wildman–Crippen LogP) is 6.45. The van der Waals surface area contributed by atoms with Gasteiger partial charge in [-0.15, -0.1) is 0 Å². The minimum atomic E-state index is -4.43. The Hall–Kier alpha value is -4.53. The van der Waals surface area contributed by atoms with Crippen molar-refractivity contribution in [2.45, 2.75) is 20.0 Å². The molecule has 9 heteroatoms. The van der Waals surface area contributed by atoms with E-state index in [1.807, 2.05) is 50.2 Å². The SMILES string of the molecule is Cc1ccc(OCCOc2cccc(-c3cc4nc(-c5ccc(C(F)(F)F)cc5)cc(=O)n4[nH]3)c2)c(C)c1. The molecule has 0 saturated heterocycles. The van der Waals surface area contributed by atoms with Gasteiger partial charge in [0.25, 0.3) is 5.56 Å². The number of hydrogen-bond acceptors (Lipinski definition) is 4. The highest BCUT2D eigenvalue weighted by Crippen LogP contribution is 2.31. The lowest BCUT2D eigenvalue weighted by molar-refractivity contribution is -0.137. The molecule has 0 radical (unpaired) electrons. The second-order valence-electron chi connectivity index (χ2n) is 8.91. The van der Waals surface area contributed by atoms with Crippen molar-refractivity contribution in [1.82, 2.24) is 14.6 Å². The molecular weight excluding hydrogens is 495 g/mol. The van der Waals surface area contributed by atoms with Crippen molar-refractivity contribution in [2.75, 3.05) is 13.2 Å². The summed E-state index contributed by atoms with van der Waals surface area (Å²) < 4.78 is 51.6. The number of rotatable bonds is 7. The van der Waals surface area contributed by atoms with Gasteiger partial charge in [0.15, 0.2) is 5.65 Å². The van der Waals surface area contributed by atoms with Gasteiger partial charge in [-0.3, -0.25) is 9.89 Å². The van der Waals surface area contributed by atoms with Crippen LogP contribution in [-0.4, -0.2) is 27.8 Å². The molecule has 0 atom stereocenters. The highest BCUT2D eigenvalue weighted by Gasteiger charge is 2.30. The van der Waals surface area contributed by atoms with E-state index in [1.54, 1.807) is 6.07 Å². The zero-order valence-corrected chi connectivity index (χ0v) is 20.7. The van der Waals surface area contributed by atoms with E-state index in [2.05, 4.69) is 16.1 Å². The molecule has 0 aliphatic rings. The third-order valence-corrected chi connectivity index (χ3v) is 6.04. The van der Waals surface area contributed by atoms with Crippen LogP contribution in [-0.2, 0) is 6.18 Å². The van der Waals surface area contributed by atoms with E-state index in [-0.39, 0.29) is 11.3 Å². The Morgan fingerprint density at radius 2 is 1.63 bits per heavy atom. The van der Waals surface area contributed by atoms with Crippen LogP contribution in [0.5, 0.6) is 11.5 Å². The van der Waals surface area contributed by atoms with Crippen molar-refractivity contribution in [3.63, 3.8) is 0 Å². The van der Waals surface area contributed by atoms with Crippen LogP contribution in [0.3, 0.4) is 0 Å². The van der Waals surface area contributed by atoms with Crippen LogP contribution in [0.2, 0.25) is 0 Å². The first kappa shape index (κ1) is 25.1. The molecule has 194 valence electrons. The summed E-state index contributed by atoms with van der Waals surface area (Å²) in [7, 11) is 0. The van der Waals surface area contributed by atoms with Gasteiger partial charge in [-0.1, -0.05) is 42.0 Å². The normalized spacial score (nSPS) is 11.6. The summed E-state index contributed by atoms with van der Waals surface area (Å²) in [6, 6.07) is 20.9. The monoisotopic (exact) mass is 519 g/mol. The molecule has 1 N–H and O–H groups in total. The van der Waals surface area contributed by atoms with Gasteiger partial charge in [0.05, 0.1) is 17.0 Å². The molecule has 5 aromatic rings. The van der Waals surface area contributed by atoms with Crippen molar-refractivity contribution < 1.29 is 22.6 Å². The molecule has 3 aromatic carbocycles. The zero-order valence-electron chi connectivity index (χ0n) is 20.7. The van der Waals surface area contributed by atoms with E-state index < -0.39 is 11.7 Å². The van der Waals surface area contributed by atoms with Crippen LogP contribution < -0.4 is 15.0 Å². The van der Waals surface area contributed by atoms with Gasteiger partial charge in [0.2, 0.25) is 0 Å². The second-order valence-corrected chi connectivity index (χ2v) is 8.91. The summed E-state index contributed by atoms with van der Waals surface area (Å²) in [5.74, 6) is 1.45. The maximum Gasteiger partial charge on any atom is 0.416 e. The summed E-state index contributed by atoms with van der Waals surface area (Å²) in [5.41, 5.74) is 3.55. The first-order valence-corrected chi connectivity index (χ1v) is 11.9. The highest BCUT2D eigenvalue weighted by molar-refractivity contribution is 5.68. The quantitative estimate of drug-likeness (QED) is 0.251. The van der Waals surface area contributed by atoms with Gasteiger partial charge in [0, 0.05) is 23.3 Å². The fourth-order valence-corrected chi connectivity index (χ4v) is 4.14. The van der Waals surface area contributed by atoms with Gasteiger partial charge in [-0.2, -0.15) is 13.2 Å². The van der Waals surface area contributed by atoms with Gasteiger partial charge >= 0.3 is 6.18 Å². The third kappa shape index (κ3) is 5.41. The Labute approximate surface area is 216 Å². The number of aromatic nitrogens is 3. The Bertz CT molecular complexity index is 1650. The Balaban J connectivity index is 1.31. The Morgan fingerprint density at radius 1 is 0.868 bits per heavy atom. The number of nitrogens with one attached hydrogen (secondary N) is 1. The number of H-pyrrole nitrogens is 1. The van der Waals surface area contributed by atoms with Gasteiger partial charge < -0.3 is 9.47 Å². The molecular formula is C29H24F3N3O3. The molecule has 5 rings (SSSR count). The van der Waals surface area contributed by atoms with Crippen LogP contribution in [0.15, 0.2) is 83.7 Å². The summed E-state index contributed by atoms with van der Waals surface area (Å²) in [6.07, 6.45) is -4.43. The average molecular weight is 520 g/mol. The van der Waals surface area contributed by atoms with Crippen molar-refractivity contribution >= 4 is 5.65 Å². The average Bonchev–Trinajstić information content (AvgIpc) is 3.33. The van der Waals surface area contributed by atoms with Gasteiger partial charge in [-0.25, -0.2) is 9.50 Å². The summed E-state index contributed by atoms with van der Waals surface area (Å²) in [6.45, 7) is 4.76. The second kappa shape index (κ2) is 10.1. The van der Waals surface area contributed by atoms with Crippen molar-refractivity contribution in [3.8, 4) is 34.0 Å². The maximum absolute atomic E-state index is 12.9. The number of ether oxygens (including phenoxy) is 2. The molecule has 0 bridgehead atoms. The number of aromatic amines is 1. The highest BCUT2D eigenvalue weighted by atomic mass is 19.4. The van der Waals surface area contributed by atoms with E-state index in [0.717, 1.165) is 29.0 Å². The fourth-order valence-electron chi connectivity index (χ4n) is 4.14. The standard InChI is InChI=1S/C29H24F3N3O3/c1-18-6-11-26(19(2)14-18)38-13-12-37-23-5-3-4-21(15-23)25-16-27-33-24(17-28(36)35(27)34-25)20-7-9-22(10-8-20)29(30,31)32/h3-11,14-17,34H,12-13H2,1-2H3. The van der Waals surface area contributed by atoms with E-state index >= 15 is 0 Å². The third-order valence-electron chi connectivity index (χ3n) is 6.04. The maximum atomic E-state index is 12.9. The molecule has 38 heavy (non-hydrogen) atoms. The molecule has 0 unspecified atom stereocenters. The Morgan fingerprint density at radius 3 is 2.37 bits per heavy atom. The molecule has 0 fully saturated rings. The number of halogens is 3. The van der Waals surface area contributed by atoms with Gasteiger partial charge in [-0.05, 0) is 49.7 Å². The lowest BCUT2D eigenvalue weighted by atomic mass is 10.1.